The molecule has 2 rings (SSSR count). The molecule has 4 nitrogen and oxygen atoms in total. The van der Waals surface area contributed by atoms with Crippen LogP contribution in [0.15, 0.2) is 18.2 Å². The summed E-state index contributed by atoms with van der Waals surface area (Å²) in [4.78, 5) is 2.33. The summed E-state index contributed by atoms with van der Waals surface area (Å²) in [6.45, 7) is 4.13. The first-order valence-corrected chi connectivity index (χ1v) is 6.89. The molecule has 1 aromatic rings. The topological polar surface area (TPSA) is 47.7 Å². The van der Waals surface area contributed by atoms with Crippen LogP contribution in [0.2, 0.25) is 0 Å². The van der Waals surface area contributed by atoms with Gasteiger partial charge in [-0.15, -0.1) is 0 Å². The van der Waals surface area contributed by atoms with Crippen LogP contribution >= 0.6 is 0 Å². The van der Waals surface area contributed by atoms with Crippen molar-refractivity contribution in [3.63, 3.8) is 0 Å². The highest BCUT2D eigenvalue weighted by molar-refractivity contribution is 5.46. The van der Waals surface area contributed by atoms with Crippen LogP contribution in [-0.4, -0.2) is 38.3 Å². The highest BCUT2D eigenvalue weighted by Crippen LogP contribution is 2.34. The molecule has 1 fully saturated rings. The highest BCUT2D eigenvalue weighted by Gasteiger charge is 2.21. The summed E-state index contributed by atoms with van der Waals surface area (Å²) in [7, 11) is 3.82. The molecule has 4 heteroatoms. The number of ether oxygens (including phenoxy) is 2. The predicted molar refractivity (Wildman–Crippen MR) is 76.7 cm³/mol. The number of benzene rings is 1. The zero-order valence-corrected chi connectivity index (χ0v) is 12.1. The maximum Gasteiger partial charge on any atom is 0.128 e. The first-order valence-electron chi connectivity index (χ1n) is 6.89. The molecule has 0 amide bonds. The molecule has 1 heterocycles. The van der Waals surface area contributed by atoms with Gasteiger partial charge in [0.05, 0.1) is 12.7 Å². The number of methoxy groups -OCH3 is 1. The Morgan fingerprint density at radius 3 is 2.47 bits per heavy atom. The fraction of sp³-hybridized carbons (Fsp3) is 0.600. The molecule has 1 aliphatic heterocycles. The lowest BCUT2D eigenvalue weighted by atomic mass is 10.1. The monoisotopic (exact) mass is 264 g/mol. The highest BCUT2D eigenvalue weighted by atomic mass is 16.5. The molecule has 106 valence electrons. The number of rotatable bonds is 4. The van der Waals surface area contributed by atoms with E-state index < -0.39 is 0 Å². The van der Waals surface area contributed by atoms with E-state index in [9.17, 15) is 0 Å². The van der Waals surface area contributed by atoms with Crippen molar-refractivity contribution in [2.24, 2.45) is 5.73 Å². The molecule has 1 atom stereocenters. The molecule has 1 aliphatic rings. The van der Waals surface area contributed by atoms with E-state index in [1.165, 1.54) is 0 Å². The molecule has 2 N–H and O–H groups in total. The number of nitrogens with zero attached hydrogens (tertiary/aromatic N) is 1. The van der Waals surface area contributed by atoms with Crippen LogP contribution in [0.4, 0.5) is 0 Å². The molecular formula is C15H24N2O2. The van der Waals surface area contributed by atoms with Crippen LogP contribution < -0.4 is 15.2 Å². The third-order valence-corrected chi connectivity index (χ3v) is 3.66. The smallest absolute Gasteiger partial charge is 0.128 e. The number of nitrogens with two attached hydrogens (primary N) is 1. The molecule has 1 saturated heterocycles. The Hall–Kier alpha value is -1.26. The van der Waals surface area contributed by atoms with Crippen LogP contribution in [0, 0.1) is 0 Å². The molecule has 0 radical (unpaired) electrons. The van der Waals surface area contributed by atoms with Crippen molar-refractivity contribution < 1.29 is 9.47 Å². The van der Waals surface area contributed by atoms with E-state index >= 15 is 0 Å². The van der Waals surface area contributed by atoms with Crippen molar-refractivity contribution >= 4 is 0 Å². The summed E-state index contributed by atoms with van der Waals surface area (Å²) in [5.41, 5.74) is 7.01. The first-order chi connectivity index (χ1) is 9.11. The number of piperidine rings is 1. The maximum atomic E-state index is 6.15. The number of hydrogen-bond donors (Lipinski definition) is 1. The van der Waals surface area contributed by atoms with Crippen molar-refractivity contribution in [1.82, 2.24) is 4.90 Å². The van der Waals surface area contributed by atoms with Gasteiger partial charge in [-0.25, -0.2) is 0 Å². The van der Waals surface area contributed by atoms with Gasteiger partial charge in [-0.3, -0.25) is 0 Å². The molecule has 0 aliphatic carbocycles. The van der Waals surface area contributed by atoms with Gasteiger partial charge in [-0.05, 0) is 38.9 Å². The Morgan fingerprint density at radius 2 is 1.89 bits per heavy atom. The second-order valence-corrected chi connectivity index (χ2v) is 5.28. The quantitative estimate of drug-likeness (QED) is 0.905. The van der Waals surface area contributed by atoms with Crippen molar-refractivity contribution in [2.45, 2.75) is 31.9 Å². The van der Waals surface area contributed by atoms with Gasteiger partial charge in [0.25, 0.3) is 0 Å². The van der Waals surface area contributed by atoms with Crippen LogP contribution in [-0.2, 0) is 0 Å². The number of likely N-dealkylation sites (tertiary alicyclic amines) is 1. The van der Waals surface area contributed by atoms with E-state index in [4.69, 9.17) is 15.2 Å². The lowest BCUT2D eigenvalue weighted by Crippen LogP contribution is -2.35. The SMILES string of the molecule is COc1cccc(OC2CCN(C)CC2)c1[C@H](C)N. The van der Waals surface area contributed by atoms with Crippen LogP contribution in [0.25, 0.3) is 0 Å². The van der Waals surface area contributed by atoms with Gasteiger partial charge in [0.15, 0.2) is 0 Å². The summed E-state index contributed by atoms with van der Waals surface area (Å²) in [5, 5.41) is 0. The molecule has 0 unspecified atom stereocenters. The molecule has 0 aromatic heterocycles. The zero-order valence-electron chi connectivity index (χ0n) is 12.1. The van der Waals surface area contributed by atoms with E-state index in [2.05, 4.69) is 11.9 Å². The van der Waals surface area contributed by atoms with E-state index in [0.29, 0.717) is 0 Å². The Bertz CT molecular complexity index is 413. The fourth-order valence-corrected chi connectivity index (χ4v) is 2.54. The summed E-state index contributed by atoms with van der Waals surface area (Å²) in [6.07, 6.45) is 2.40. The van der Waals surface area contributed by atoms with Crippen molar-refractivity contribution in [1.29, 1.82) is 0 Å². The molecule has 1 aromatic carbocycles. The normalized spacial score (nSPS) is 19.2. The lowest BCUT2D eigenvalue weighted by Gasteiger charge is -2.30. The van der Waals surface area contributed by atoms with Gasteiger partial charge < -0.3 is 20.1 Å². The average molecular weight is 264 g/mol. The standard InChI is InChI=1S/C15H24N2O2/c1-11(16)15-13(18-3)5-4-6-14(15)19-12-7-9-17(2)10-8-12/h4-6,11-12H,7-10,16H2,1-3H3/t11-/m0/s1. The Morgan fingerprint density at radius 1 is 1.26 bits per heavy atom. The lowest BCUT2D eigenvalue weighted by molar-refractivity contribution is 0.112. The van der Waals surface area contributed by atoms with Gasteiger partial charge in [-0.2, -0.15) is 0 Å². The average Bonchev–Trinajstić information content (AvgIpc) is 2.40. The summed E-state index contributed by atoms with van der Waals surface area (Å²) < 4.78 is 11.5. The minimum Gasteiger partial charge on any atom is -0.496 e. The molecule has 0 bridgehead atoms. The van der Waals surface area contributed by atoms with Gasteiger partial charge in [0.2, 0.25) is 0 Å². The second kappa shape index (κ2) is 6.26. The van der Waals surface area contributed by atoms with Gasteiger partial charge in [-0.1, -0.05) is 6.07 Å². The van der Waals surface area contributed by atoms with E-state index in [-0.39, 0.29) is 12.1 Å². The Labute approximate surface area is 115 Å². The van der Waals surface area contributed by atoms with Gasteiger partial charge in [0, 0.05) is 19.1 Å². The maximum absolute atomic E-state index is 6.15. The van der Waals surface area contributed by atoms with Crippen LogP contribution in [0.5, 0.6) is 11.5 Å². The minimum atomic E-state index is -0.0996. The van der Waals surface area contributed by atoms with Gasteiger partial charge >= 0.3 is 0 Å². The van der Waals surface area contributed by atoms with E-state index in [0.717, 1.165) is 43.0 Å². The van der Waals surface area contributed by atoms with E-state index in [1.807, 2.05) is 25.1 Å². The molecular weight excluding hydrogens is 240 g/mol. The van der Waals surface area contributed by atoms with Crippen molar-refractivity contribution in [2.75, 3.05) is 27.2 Å². The van der Waals surface area contributed by atoms with E-state index in [1.54, 1.807) is 7.11 Å². The zero-order chi connectivity index (χ0) is 13.8. The summed E-state index contributed by atoms with van der Waals surface area (Å²) in [6, 6.07) is 5.77. The van der Waals surface area contributed by atoms with Crippen LogP contribution in [0.3, 0.4) is 0 Å². The Balaban J connectivity index is 2.15. The van der Waals surface area contributed by atoms with Crippen molar-refractivity contribution in [3.8, 4) is 11.5 Å². The number of hydrogen-bond acceptors (Lipinski definition) is 4. The van der Waals surface area contributed by atoms with Gasteiger partial charge in [0.1, 0.15) is 17.6 Å². The molecule has 0 saturated carbocycles. The molecule has 0 spiro atoms. The second-order valence-electron chi connectivity index (χ2n) is 5.28. The summed E-state index contributed by atoms with van der Waals surface area (Å²) in [5.74, 6) is 1.67. The summed E-state index contributed by atoms with van der Waals surface area (Å²) >= 11 is 0. The fourth-order valence-electron chi connectivity index (χ4n) is 2.54. The Kier molecular flexibility index (Phi) is 4.66. The largest absolute Gasteiger partial charge is 0.496 e. The first kappa shape index (κ1) is 14.2. The molecule has 19 heavy (non-hydrogen) atoms. The van der Waals surface area contributed by atoms with Crippen LogP contribution in [0.1, 0.15) is 31.4 Å². The predicted octanol–water partition coefficient (Wildman–Crippen LogP) is 2.19. The van der Waals surface area contributed by atoms with Crippen molar-refractivity contribution in [3.05, 3.63) is 23.8 Å². The minimum absolute atomic E-state index is 0.0996. The third-order valence-electron chi connectivity index (χ3n) is 3.66. The third kappa shape index (κ3) is 3.39.